The van der Waals surface area contributed by atoms with Gasteiger partial charge in [-0.3, -0.25) is 9.59 Å². The first-order valence-electron chi connectivity index (χ1n) is 5.37. The van der Waals surface area contributed by atoms with E-state index in [9.17, 15) is 19.8 Å². The lowest BCUT2D eigenvalue weighted by Crippen LogP contribution is -2.42. The Hall–Kier alpha value is -1.32. The van der Waals surface area contributed by atoms with Gasteiger partial charge in [-0.1, -0.05) is 26.0 Å². The average Bonchev–Trinajstić information content (AvgIpc) is 2.64. The second kappa shape index (κ2) is 2.67. The lowest BCUT2D eigenvalue weighted by molar-refractivity contribution is -0.153. The molecule has 0 aromatic heterocycles. The topological polar surface area (TPSA) is 74.6 Å². The summed E-state index contributed by atoms with van der Waals surface area (Å²) in [6.45, 7) is 7.46. The van der Waals surface area contributed by atoms with E-state index in [2.05, 4.69) is 6.58 Å². The molecule has 0 aromatic carbocycles. The minimum atomic E-state index is -1.01. The van der Waals surface area contributed by atoms with Crippen molar-refractivity contribution >= 4 is 11.9 Å². The van der Waals surface area contributed by atoms with Crippen molar-refractivity contribution in [3.8, 4) is 0 Å². The largest absolute Gasteiger partial charge is 0.481 e. The van der Waals surface area contributed by atoms with Gasteiger partial charge in [0.1, 0.15) is 0 Å². The Bertz CT molecular complexity index is 409. The van der Waals surface area contributed by atoms with E-state index in [1.54, 1.807) is 13.8 Å². The highest BCUT2D eigenvalue weighted by molar-refractivity contribution is 5.88. The molecular weight excluding hydrogens is 208 g/mol. The second-order valence-corrected chi connectivity index (χ2v) is 5.55. The predicted molar refractivity (Wildman–Crippen MR) is 56.9 cm³/mol. The number of aliphatic carboxylic acids is 2. The first kappa shape index (κ1) is 11.2. The van der Waals surface area contributed by atoms with Crippen LogP contribution in [-0.4, -0.2) is 22.2 Å². The molecule has 16 heavy (non-hydrogen) atoms. The Morgan fingerprint density at radius 2 is 1.75 bits per heavy atom. The standard InChI is InChI=1S/C12H16O4/c1-7-10(2,3)12(9(15)16)5-4-11(7,6-12)8(13)14/h1,4-6H2,2-3H3,(H,13,14)(H,15,16)/t11-,12+/m0/s1. The van der Waals surface area contributed by atoms with Gasteiger partial charge < -0.3 is 10.2 Å². The van der Waals surface area contributed by atoms with E-state index in [1.165, 1.54) is 0 Å². The van der Waals surface area contributed by atoms with E-state index in [1.807, 2.05) is 0 Å². The zero-order valence-electron chi connectivity index (χ0n) is 9.54. The summed E-state index contributed by atoms with van der Waals surface area (Å²) in [5, 5.41) is 18.7. The molecule has 2 fully saturated rings. The van der Waals surface area contributed by atoms with Crippen molar-refractivity contribution in [1.29, 1.82) is 0 Å². The number of carbonyl (C=O) groups is 2. The number of fused-ring (bicyclic) bond motifs is 2. The summed E-state index contributed by atoms with van der Waals surface area (Å²) in [5.74, 6) is -1.81. The van der Waals surface area contributed by atoms with E-state index in [4.69, 9.17) is 0 Å². The molecule has 0 aromatic rings. The Kier molecular flexibility index (Phi) is 1.87. The van der Waals surface area contributed by atoms with Gasteiger partial charge in [-0.2, -0.15) is 0 Å². The van der Waals surface area contributed by atoms with Crippen molar-refractivity contribution in [2.45, 2.75) is 33.1 Å². The molecule has 2 aliphatic rings. The quantitative estimate of drug-likeness (QED) is 0.702. The van der Waals surface area contributed by atoms with Crippen molar-refractivity contribution in [1.82, 2.24) is 0 Å². The number of hydrogen-bond acceptors (Lipinski definition) is 2. The van der Waals surface area contributed by atoms with Crippen LogP contribution in [0.2, 0.25) is 0 Å². The molecular formula is C12H16O4. The predicted octanol–water partition coefficient (Wildman–Crippen LogP) is 1.91. The fraction of sp³-hybridized carbons (Fsp3) is 0.667. The number of hydrogen-bond donors (Lipinski definition) is 2. The van der Waals surface area contributed by atoms with Crippen LogP contribution in [-0.2, 0) is 9.59 Å². The molecule has 2 bridgehead atoms. The van der Waals surface area contributed by atoms with Gasteiger partial charge in [-0.05, 0) is 19.3 Å². The van der Waals surface area contributed by atoms with E-state index in [-0.39, 0.29) is 6.42 Å². The van der Waals surface area contributed by atoms with Crippen molar-refractivity contribution in [3.63, 3.8) is 0 Å². The molecule has 2 saturated carbocycles. The minimum absolute atomic E-state index is 0.191. The maximum atomic E-state index is 11.5. The zero-order valence-corrected chi connectivity index (χ0v) is 9.54. The molecule has 4 heteroatoms. The number of rotatable bonds is 2. The Labute approximate surface area is 94.0 Å². The van der Waals surface area contributed by atoms with Crippen LogP contribution in [0.1, 0.15) is 33.1 Å². The van der Waals surface area contributed by atoms with Crippen LogP contribution >= 0.6 is 0 Å². The van der Waals surface area contributed by atoms with E-state index in [0.29, 0.717) is 18.4 Å². The summed E-state index contributed by atoms with van der Waals surface area (Å²) in [5.41, 5.74) is -2.03. The summed E-state index contributed by atoms with van der Waals surface area (Å²) in [4.78, 5) is 22.9. The second-order valence-electron chi connectivity index (χ2n) is 5.55. The van der Waals surface area contributed by atoms with Crippen molar-refractivity contribution in [3.05, 3.63) is 12.2 Å². The van der Waals surface area contributed by atoms with E-state index < -0.39 is 28.2 Å². The van der Waals surface area contributed by atoms with Gasteiger partial charge in [0.25, 0.3) is 0 Å². The molecule has 2 atom stereocenters. The van der Waals surface area contributed by atoms with Crippen LogP contribution in [0.5, 0.6) is 0 Å². The first-order chi connectivity index (χ1) is 7.21. The molecule has 0 radical (unpaired) electrons. The molecule has 2 rings (SSSR count). The van der Waals surface area contributed by atoms with E-state index >= 15 is 0 Å². The third-order valence-corrected chi connectivity index (χ3v) is 4.93. The lowest BCUT2D eigenvalue weighted by Gasteiger charge is -2.41. The van der Waals surface area contributed by atoms with Crippen LogP contribution in [0.15, 0.2) is 12.2 Å². The molecule has 0 amide bonds. The Morgan fingerprint density at radius 3 is 2.06 bits per heavy atom. The van der Waals surface area contributed by atoms with Gasteiger partial charge in [0.15, 0.2) is 0 Å². The van der Waals surface area contributed by atoms with Crippen LogP contribution in [0.25, 0.3) is 0 Å². The summed E-state index contributed by atoms with van der Waals surface area (Å²) in [6, 6.07) is 0. The smallest absolute Gasteiger partial charge is 0.313 e. The number of carboxylic acids is 2. The SMILES string of the molecule is C=C1C(C)(C)[C@]2(C(=O)O)CC[C@]1(C(=O)O)C2. The zero-order chi connectivity index (χ0) is 12.4. The molecule has 0 spiro atoms. The van der Waals surface area contributed by atoms with Crippen LogP contribution in [0.3, 0.4) is 0 Å². The van der Waals surface area contributed by atoms with E-state index in [0.717, 1.165) is 0 Å². The van der Waals surface area contributed by atoms with Crippen LogP contribution in [0.4, 0.5) is 0 Å². The minimum Gasteiger partial charge on any atom is -0.481 e. The molecule has 0 aliphatic heterocycles. The lowest BCUT2D eigenvalue weighted by atomic mass is 9.61. The molecule has 0 heterocycles. The van der Waals surface area contributed by atoms with Crippen LogP contribution < -0.4 is 0 Å². The summed E-state index contributed by atoms with van der Waals surface area (Å²) in [7, 11) is 0. The van der Waals surface area contributed by atoms with Gasteiger partial charge in [0.05, 0.1) is 10.8 Å². The third-order valence-electron chi connectivity index (χ3n) is 4.93. The molecule has 2 N–H and O–H groups in total. The van der Waals surface area contributed by atoms with Crippen molar-refractivity contribution < 1.29 is 19.8 Å². The fourth-order valence-electron chi connectivity index (χ4n) is 3.56. The highest BCUT2D eigenvalue weighted by atomic mass is 16.4. The monoisotopic (exact) mass is 224 g/mol. The summed E-state index contributed by atoms with van der Waals surface area (Å²) >= 11 is 0. The van der Waals surface area contributed by atoms with Crippen molar-refractivity contribution in [2.75, 3.05) is 0 Å². The molecule has 2 aliphatic carbocycles. The fourth-order valence-corrected chi connectivity index (χ4v) is 3.56. The van der Waals surface area contributed by atoms with Gasteiger partial charge in [0.2, 0.25) is 0 Å². The molecule has 0 saturated heterocycles. The molecule has 88 valence electrons. The first-order valence-corrected chi connectivity index (χ1v) is 5.37. The highest BCUT2D eigenvalue weighted by Crippen LogP contribution is 2.72. The average molecular weight is 224 g/mol. The maximum Gasteiger partial charge on any atom is 0.313 e. The van der Waals surface area contributed by atoms with Gasteiger partial charge in [0, 0.05) is 5.41 Å². The third kappa shape index (κ3) is 0.867. The molecule has 0 unspecified atom stereocenters. The van der Waals surface area contributed by atoms with Crippen LogP contribution in [0, 0.1) is 16.2 Å². The molecule has 4 nitrogen and oxygen atoms in total. The Balaban J connectivity index is 2.61. The van der Waals surface area contributed by atoms with Gasteiger partial charge >= 0.3 is 11.9 Å². The van der Waals surface area contributed by atoms with Crippen molar-refractivity contribution in [2.24, 2.45) is 16.2 Å². The Morgan fingerprint density at radius 1 is 1.19 bits per heavy atom. The number of carboxylic acid groups (broad SMARTS) is 2. The normalized spacial score (nSPS) is 40.0. The summed E-state index contributed by atoms with van der Waals surface area (Å²) in [6.07, 6.45) is 1.02. The van der Waals surface area contributed by atoms with Gasteiger partial charge in [-0.25, -0.2) is 0 Å². The maximum absolute atomic E-state index is 11.5. The highest BCUT2D eigenvalue weighted by Gasteiger charge is 2.72. The van der Waals surface area contributed by atoms with Gasteiger partial charge in [-0.15, -0.1) is 0 Å². The summed E-state index contributed by atoms with van der Waals surface area (Å²) < 4.78 is 0.